The highest BCUT2D eigenvalue weighted by Gasteiger charge is 2.06. The molecule has 0 aliphatic rings. The van der Waals surface area contributed by atoms with Crippen LogP contribution >= 0.6 is 31.9 Å². The van der Waals surface area contributed by atoms with Crippen molar-refractivity contribution in [3.63, 3.8) is 0 Å². The summed E-state index contributed by atoms with van der Waals surface area (Å²) < 4.78 is 6.97. The van der Waals surface area contributed by atoms with Gasteiger partial charge in [-0.2, -0.15) is 0 Å². The zero-order valence-electron chi connectivity index (χ0n) is 8.02. The molecule has 0 aliphatic carbocycles. The average molecular weight is 345 g/mol. The number of nitrogens with zero attached hydrogens (tertiary/aromatic N) is 2. The summed E-state index contributed by atoms with van der Waals surface area (Å²) in [4.78, 5) is 8.00. The van der Waals surface area contributed by atoms with E-state index in [2.05, 4.69) is 41.8 Å². The van der Waals surface area contributed by atoms with E-state index in [4.69, 9.17) is 10.5 Å². The zero-order valence-corrected chi connectivity index (χ0v) is 11.2. The highest BCUT2D eigenvalue weighted by atomic mass is 79.9. The fourth-order valence-electron chi connectivity index (χ4n) is 1.06. The topological polar surface area (TPSA) is 61.0 Å². The second kappa shape index (κ2) is 4.80. The van der Waals surface area contributed by atoms with E-state index in [1.165, 1.54) is 0 Å². The van der Waals surface area contributed by atoms with E-state index in [0.717, 1.165) is 4.47 Å². The van der Waals surface area contributed by atoms with Crippen molar-refractivity contribution in [3.8, 4) is 11.8 Å². The quantitative estimate of drug-likeness (QED) is 0.848. The monoisotopic (exact) mass is 343 g/mol. The van der Waals surface area contributed by atoms with Gasteiger partial charge >= 0.3 is 6.01 Å². The molecule has 16 heavy (non-hydrogen) atoms. The molecular formula is C10H7Br2N3O. The third kappa shape index (κ3) is 2.51. The van der Waals surface area contributed by atoms with Crippen LogP contribution in [0.2, 0.25) is 0 Å². The first-order chi connectivity index (χ1) is 7.66. The summed E-state index contributed by atoms with van der Waals surface area (Å²) in [5, 5.41) is 0. The molecule has 0 atom stereocenters. The van der Waals surface area contributed by atoms with Gasteiger partial charge in [-0.25, -0.2) is 9.97 Å². The molecule has 0 fully saturated rings. The van der Waals surface area contributed by atoms with E-state index in [-0.39, 0.29) is 6.01 Å². The van der Waals surface area contributed by atoms with Crippen molar-refractivity contribution in [3.05, 3.63) is 39.5 Å². The Kier molecular flexibility index (Phi) is 3.40. The third-order valence-corrected chi connectivity index (χ3v) is 3.05. The SMILES string of the molecule is Nc1cccc(Oc2ncc(Br)cn2)c1Br. The lowest BCUT2D eigenvalue weighted by Gasteiger charge is -2.06. The Morgan fingerprint density at radius 2 is 1.81 bits per heavy atom. The normalized spacial score (nSPS) is 10.1. The Balaban J connectivity index is 2.27. The van der Waals surface area contributed by atoms with Crippen molar-refractivity contribution in [1.29, 1.82) is 0 Å². The number of benzene rings is 1. The fourth-order valence-corrected chi connectivity index (χ4v) is 1.61. The molecule has 0 saturated carbocycles. The number of ether oxygens (including phenoxy) is 1. The van der Waals surface area contributed by atoms with Crippen molar-refractivity contribution < 1.29 is 4.74 Å². The van der Waals surface area contributed by atoms with E-state index in [0.29, 0.717) is 15.9 Å². The number of nitrogen functional groups attached to an aromatic ring is 1. The Morgan fingerprint density at radius 3 is 2.50 bits per heavy atom. The molecule has 1 heterocycles. The third-order valence-electron chi connectivity index (χ3n) is 1.79. The van der Waals surface area contributed by atoms with Crippen LogP contribution in [0.1, 0.15) is 0 Å². The molecule has 0 spiro atoms. The molecule has 0 unspecified atom stereocenters. The average Bonchev–Trinajstić information content (AvgIpc) is 2.28. The lowest BCUT2D eigenvalue weighted by atomic mass is 10.3. The lowest BCUT2D eigenvalue weighted by molar-refractivity contribution is 0.439. The summed E-state index contributed by atoms with van der Waals surface area (Å²) in [5.74, 6) is 0.585. The highest BCUT2D eigenvalue weighted by molar-refractivity contribution is 9.11. The maximum atomic E-state index is 5.72. The molecule has 0 saturated heterocycles. The zero-order chi connectivity index (χ0) is 11.5. The van der Waals surface area contributed by atoms with Crippen molar-refractivity contribution in [2.75, 3.05) is 5.73 Å². The predicted octanol–water partition coefficient (Wildman–Crippen LogP) is 3.38. The van der Waals surface area contributed by atoms with Crippen LogP contribution in [0.3, 0.4) is 0 Å². The smallest absolute Gasteiger partial charge is 0.321 e. The second-order valence-corrected chi connectivity index (χ2v) is 4.65. The first-order valence-electron chi connectivity index (χ1n) is 4.36. The molecule has 2 N–H and O–H groups in total. The van der Waals surface area contributed by atoms with Crippen molar-refractivity contribution in [1.82, 2.24) is 9.97 Å². The lowest BCUT2D eigenvalue weighted by Crippen LogP contribution is -1.94. The molecule has 6 heteroatoms. The highest BCUT2D eigenvalue weighted by Crippen LogP contribution is 2.32. The number of halogens is 2. The number of hydrogen-bond donors (Lipinski definition) is 1. The van der Waals surface area contributed by atoms with Crippen LogP contribution < -0.4 is 10.5 Å². The second-order valence-electron chi connectivity index (χ2n) is 2.95. The number of rotatable bonds is 2. The van der Waals surface area contributed by atoms with E-state index < -0.39 is 0 Å². The van der Waals surface area contributed by atoms with Crippen molar-refractivity contribution in [2.45, 2.75) is 0 Å². The Bertz CT molecular complexity index is 502. The number of nitrogens with two attached hydrogens (primary N) is 1. The van der Waals surface area contributed by atoms with E-state index in [9.17, 15) is 0 Å². The van der Waals surface area contributed by atoms with Gasteiger partial charge in [0.05, 0.1) is 8.95 Å². The number of hydrogen-bond acceptors (Lipinski definition) is 4. The molecule has 1 aromatic carbocycles. The van der Waals surface area contributed by atoms with E-state index in [1.54, 1.807) is 30.6 Å². The van der Waals surface area contributed by atoms with Crippen LogP contribution in [-0.2, 0) is 0 Å². The minimum Gasteiger partial charge on any atom is -0.423 e. The van der Waals surface area contributed by atoms with Gasteiger partial charge in [0.2, 0.25) is 0 Å². The van der Waals surface area contributed by atoms with Gasteiger partial charge in [0.1, 0.15) is 5.75 Å². The fraction of sp³-hybridized carbons (Fsp3) is 0. The van der Waals surface area contributed by atoms with Crippen LogP contribution in [0.15, 0.2) is 39.5 Å². The summed E-state index contributed by atoms with van der Waals surface area (Å²) in [6, 6.07) is 5.63. The summed E-state index contributed by atoms with van der Waals surface area (Å²) in [6.45, 7) is 0. The van der Waals surface area contributed by atoms with Gasteiger partial charge in [-0.15, -0.1) is 0 Å². The molecule has 2 rings (SSSR count). The molecule has 0 bridgehead atoms. The van der Waals surface area contributed by atoms with Crippen LogP contribution in [-0.4, -0.2) is 9.97 Å². The van der Waals surface area contributed by atoms with Gasteiger partial charge < -0.3 is 10.5 Å². The molecule has 4 nitrogen and oxygen atoms in total. The van der Waals surface area contributed by atoms with E-state index in [1.807, 2.05) is 0 Å². The maximum absolute atomic E-state index is 5.72. The maximum Gasteiger partial charge on any atom is 0.321 e. The molecule has 2 aromatic rings. The van der Waals surface area contributed by atoms with Gasteiger partial charge in [0, 0.05) is 18.1 Å². The number of anilines is 1. The summed E-state index contributed by atoms with van der Waals surface area (Å²) in [6.07, 6.45) is 3.23. The minimum absolute atomic E-state index is 0.273. The first-order valence-corrected chi connectivity index (χ1v) is 5.95. The standard InChI is InChI=1S/C10H7Br2N3O/c11-6-4-14-10(15-5-6)16-8-3-1-2-7(13)9(8)12/h1-5H,13H2. The van der Waals surface area contributed by atoms with Gasteiger partial charge in [0.15, 0.2) is 0 Å². The van der Waals surface area contributed by atoms with Crippen LogP contribution in [0, 0.1) is 0 Å². The molecule has 0 amide bonds. The Morgan fingerprint density at radius 1 is 1.12 bits per heavy atom. The van der Waals surface area contributed by atoms with Gasteiger partial charge in [-0.1, -0.05) is 6.07 Å². The summed E-state index contributed by atoms with van der Waals surface area (Å²) in [5.41, 5.74) is 6.33. The van der Waals surface area contributed by atoms with Crippen LogP contribution in [0.5, 0.6) is 11.8 Å². The largest absolute Gasteiger partial charge is 0.423 e. The van der Waals surface area contributed by atoms with Gasteiger partial charge in [-0.05, 0) is 44.0 Å². The van der Waals surface area contributed by atoms with E-state index >= 15 is 0 Å². The van der Waals surface area contributed by atoms with Crippen molar-refractivity contribution >= 4 is 37.5 Å². The Labute approximate surface area is 109 Å². The van der Waals surface area contributed by atoms with Gasteiger partial charge in [0.25, 0.3) is 0 Å². The van der Waals surface area contributed by atoms with Crippen LogP contribution in [0.4, 0.5) is 5.69 Å². The molecular weight excluding hydrogens is 338 g/mol. The summed E-state index contributed by atoms with van der Waals surface area (Å²) in [7, 11) is 0. The molecule has 82 valence electrons. The van der Waals surface area contributed by atoms with Crippen LogP contribution in [0.25, 0.3) is 0 Å². The van der Waals surface area contributed by atoms with Crippen molar-refractivity contribution in [2.24, 2.45) is 0 Å². The molecule has 0 aliphatic heterocycles. The molecule has 1 aromatic heterocycles. The predicted molar refractivity (Wildman–Crippen MR) is 68.4 cm³/mol. The number of aromatic nitrogens is 2. The Hall–Kier alpha value is -1.14. The first kappa shape index (κ1) is 11.3. The molecule has 0 radical (unpaired) electrons. The minimum atomic E-state index is 0.273. The van der Waals surface area contributed by atoms with Gasteiger partial charge in [-0.3, -0.25) is 0 Å². The summed E-state index contributed by atoms with van der Waals surface area (Å²) >= 11 is 6.58.